The Morgan fingerprint density at radius 3 is 2.55 bits per heavy atom. The first-order chi connectivity index (χ1) is 10.3. The van der Waals surface area contributed by atoms with Gasteiger partial charge in [0.15, 0.2) is 6.54 Å². The summed E-state index contributed by atoms with van der Waals surface area (Å²) < 4.78 is 26.4. The predicted molar refractivity (Wildman–Crippen MR) is 78.0 cm³/mol. The molecule has 1 rings (SSSR count). The molecule has 4 N–H and O–H groups in total. The van der Waals surface area contributed by atoms with Crippen LogP contribution in [0, 0.1) is 11.6 Å². The average molecular weight is 314 g/mol. The number of carbonyl (C=O) groups is 2. The molecule has 0 aliphatic heterocycles. The normalized spacial score (nSPS) is 13.3. The molecule has 0 aromatic heterocycles. The van der Waals surface area contributed by atoms with E-state index in [-0.39, 0.29) is 18.6 Å². The number of carbonyl (C=O) groups excluding carboxylic acids is 2. The summed E-state index contributed by atoms with van der Waals surface area (Å²) in [6.45, 7) is 5.41. The fraction of sp³-hybridized carbons (Fsp3) is 0.467. The van der Waals surface area contributed by atoms with Crippen molar-refractivity contribution in [2.24, 2.45) is 0 Å². The van der Waals surface area contributed by atoms with Crippen molar-refractivity contribution in [1.82, 2.24) is 10.6 Å². The molecular weight excluding hydrogens is 292 g/mol. The van der Waals surface area contributed by atoms with Gasteiger partial charge in [0.25, 0.3) is 5.91 Å². The Morgan fingerprint density at radius 2 is 1.95 bits per heavy atom. The average Bonchev–Trinajstić information content (AvgIpc) is 2.44. The lowest BCUT2D eigenvalue weighted by atomic mass is 10.1. The molecule has 0 fully saturated rings. The molecule has 0 heterocycles. The molecule has 5 nitrogen and oxygen atoms in total. The second kappa shape index (κ2) is 8.43. The van der Waals surface area contributed by atoms with Crippen molar-refractivity contribution in [2.75, 3.05) is 6.54 Å². The van der Waals surface area contributed by atoms with Gasteiger partial charge in [-0.05, 0) is 32.4 Å². The number of urea groups is 1. The van der Waals surface area contributed by atoms with E-state index < -0.39 is 23.6 Å². The van der Waals surface area contributed by atoms with Crippen LogP contribution in [0.3, 0.4) is 0 Å². The summed E-state index contributed by atoms with van der Waals surface area (Å²) in [5.41, 5.74) is 0.304. The number of quaternary nitrogens is 1. The van der Waals surface area contributed by atoms with Gasteiger partial charge < -0.3 is 10.6 Å². The topological polar surface area (TPSA) is 74.8 Å². The molecule has 0 saturated heterocycles. The Labute approximate surface area is 128 Å². The summed E-state index contributed by atoms with van der Waals surface area (Å²) in [5.74, 6) is -1.78. The van der Waals surface area contributed by atoms with E-state index >= 15 is 0 Å². The van der Waals surface area contributed by atoms with Crippen LogP contribution in [0.1, 0.15) is 38.8 Å². The molecule has 3 amide bonds. The molecule has 22 heavy (non-hydrogen) atoms. The molecule has 122 valence electrons. The third-order valence-electron chi connectivity index (χ3n) is 3.35. The smallest absolute Gasteiger partial charge is 0.321 e. The van der Waals surface area contributed by atoms with Crippen molar-refractivity contribution >= 4 is 11.9 Å². The van der Waals surface area contributed by atoms with Gasteiger partial charge in [0, 0.05) is 17.7 Å². The highest BCUT2D eigenvalue weighted by Gasteiger charge is 2.17. The zero-order chi connectivity index (χ0) is 16.7. The van der Waals surface area contributed by atoms with Crippen molar-refractivity contribution in [1.29, 1.82) is 0 Å². The maximum atomic E-state index is 13.6. The van der Waals surface area contributed by atoms with Gasteiger partial charge in [0.1, 0.15) is 17.7 Å². The van der Waals surface area contributed by atoms with Crippen molar-refractivity contribution in [3.63, 3.8) is 0 Å². The summed E-state index contributed by atoms with van der Waals surface area (Å²) in [6, 6.07) is 2.38. The summed E-state index contributed by atoms with van der Waals surface area (Å²) in [7, 11) is 0. The first-order valence-electron chi connectivity index (χ1n) is 7.22. The van der Waals surface area contributed by atoms with Crippen LogP contribution in [0.4, 0.5) is 13.6 Å². The minimum atomic E-state index is -0.654. The van der Waals surface area contributed by atoms with Gasteiger partial charge in [-0.3, -0.25) is 10.1 Å². The third-order valence-corrected chi connectivity index (χ3v) is 3.35. The SMILES string of the molecule is CC[C@H](C)NC(=O)NC(=O)C[NH2+][C@H](C)c1ccc(F)cc1F. The van der Waals surface area contributed by atoms with Gasteiger partial charge >= 0.3 is 6.03 Å². The van der Waals surface area contributed by atoms with Crippen LogP contribution in [0.2, 0.25) is 0 Å². The maximum Gasteiger partial charge on any atom is 0.321 e. The minimum absolute atomic E-state index is 0.0241. The first-order valence-corrected chi connectivity index (χ1v) is 7.22. The zero-order valence-corrected chi connectivity index (χ0v) is 13.0. The Balaban J connectivity index is 2.45. The molecule has 7 heteroatoms. The van der Waals surface area contributed by atoms with Crippen LogP contribution in [0.5, 0.6) is 0 Å². The van der Waals surface area contributed by atoms with Crippen molar-refractivity contribution in [3.05, 3.63) is 35.4 Å². The Kier molecular flexibility index (Phi) is 6.91. The van der Waals surface area contributed by atoms with Crippen LogP contribution < -0.4 is 16.0 Å². The lowest BCUT2D eigenvalue weighted by molar-refractivity contribution is -0.682. The highest BCUT2D eigenvalue weighted by molar-refractivity contribution is 5.94. The quantitative estimate of drug-likeness (QED) is 0.738. The summed E-state index contributed by atoms with van der Waals surface area (Å²) in [6.07, 6.45) is 0.759. The number of nitrogens with two attached hydrogens (primary N) is 1. The van der Waals surface area contributed by atoms with Gasteiger partial charge in [-0.2, -0.15) is 0 Å². The fourth-order valence-electron chi connectivity index (χ4n) is 1.82. The van der Waals surface area contributed by atoms with Gasteiger partial charge in [0.2, 0.25) is 0 Å². The largest absolute Gasteiger partial charge is 0.335 e. The molecule has 1 aromatic carbocycles. The Morgan fingerprint density at radius 1 is 1.27 bits per heavy atom. The number of nitrogens with one attached hydrogen (secondary N) is 2. The lowest BCUT2D eigenvalue weighted by Crippen LogP contribution is -2.87. The van der Waals surface area contributed by atoms with Crippen LogP contribution >= 0.6 is 0 Å². The molecule has 2 atom stereocenters. The molecule has 0 saturated carbocycles. The van der Waals surface area contributed by atoms with Crippen LogP contribution in [-0.4, -0.2) is 24.5 Å². The Bertz CT molecular complexity index is 538. The van der Waals surface area contributed by atoms with Gasteiger partial charge in [-0.25, -0.2) is 13.6 Å². The molecule has 1 aromatic rings. The van der Waals surface area contributed by atoms with Crippen molar-refractivity contribution in [3.8, 4) is 0 Å². The zero-order valence-electron chi connectivity index (χ0n) is 13.0. The molecule has 0 bridgehead atoms. The Hall–Kier alpha value is -2.02. The van der Waals surface area contributed by atoms with Crippen molar-refractivity contribution in [2.45, 2.75) is 39.3 Å². The second-order valence-corrected chi connectivity index (χ2v) is 5.23. The second-order valence-electron chi connectivity index (χ2n) is 5.23. The summed E-state index contributed by atoms with van der Waals surface area (Å²) in [5, 5.41) is 6.38. The number of imide groups is 1. The predicted octanol–water partition coefficient (Wildman–Crippen LogP) is 1.21. The van der Waals surface area contributed by atoms with E-state index in [2.05, 4.69) is 10.6 Å². The van der Waals surface area contributed by atoms with Gasteiger partial charge in [-0.1, -0.05) is 6.92 Å². The van der Waals surface area contributed by atoms with Crippen LogP contribution in [0.15, 0.2) is 18.2 Å². The number of hydrogen-bond acceptors (Lipinski definition) is 2. The molecule has 0 unspecified atom stereocenters. The number of amides is 3. The van der Waals surface area contributed by atoms with E-state index in [1.807, 2.05) is 13.8 Å². The van der Waals surface area contributed by atoms with E-state index in [9.17, 15) is 18.4 Å². The highest BCUT2D eigenvalue weighted by atomic mass is 19.1. The molecule has 0 aliphatic rings. The summed E-state index contributed by atoms with van der Waals surface area (Å²) in [4.78, 5) is 23.1. The van der Waals surface area contributed by atoms with E-state index in [0.29, 0.717) is 5.56 Å². The molecule has 0 aliphatic carbocycles. The van der Waals surface area contributed by atoms with Crippen molar-refractivity contribution < 1.29 is 23.7 Å². The third kappa shape index (κ3) is 5.77. The number of halogens is 2. The molecule has 0 spiro atoms. The first kappa shape index (κ1) is 18.0. The van der Waals surface area contributed by atoms with E-state index in [4.69, 9.17) is 0 Å². The standard InChI is InChI=1S/C15H21F2N3O2/c1-4-9(2)19-15(22)20-14(21)8-18-10(3)12-6-5-11(16)7-13(12)17/h5-7,9-10,18H,4,8H2,1-3H3,(H2,19,20,21,22)/p+1/t9-,10+/m0/s1. The number of rotatable bonds is 6. The lowest BCUT2D eigenvalue weighted by Gasteiger charge is -2.13. The van der Waals surface area contributed by atoms with Gasteiger partial charge in [0.05, 0.1) is 0 Å². The van der Waals surface area contributed by atoms with E-state index in [1.54, 1.807) is 12.2 Å². The maximum absolute atomic E-state index is 13.6. The summed E-state index contributed by atoms with van der Waals surface area (Å²) >= 11 is 0. The number of benzene rings is 1. The number of hydrogen-bond donors (Lipinski definition) is 3. The van der Waals surface area contributed by atoms with Crippen LogP contribution in [0.25, 0.3) is 0 Å². The highest BCUT2D eigenvalue weighted by Crippen LogP contribution is 2.14. The fourth-order valence-corrected chi connectivity index (χ4v) is 1.82. The molecular formula is C15H22F2N3O2+. The molecule has 0 radical (unpaired) electrons. The van der Waals surface area contributed by atoms with Crippen LogP contribution in [-0.2, 0) is 4.79 Å². The van der Waals surface area contributed by atoms with E-state index in [0.717, 1.165) is 12.5 Å². The monoisotopic (exact) mass is 314 g/mol. The van der Waals surface area contributed by atoms with E-state index in [1.165, 1.54) is 12.1 Å². The minimum Gasteiger partial charge on any atom is -0.335 e. The van der Waals surface area contributed by atoms with Gasteiger partial charge in [-0.15, -0.1) is 0 Å².